The predicted octanol–water partition coefficient (Wildman–Crippen LogP) is 2.25. The Morgan fingerprint density at radius 1 is 1.29 bits per heavy atom. The molecule has 4 heteroatoms. The van der Waals surface area contributed by atoms with Gasteiger partial charge in [-0.3, -0.25) is 4.79 Å². The van der Waals surface area contributed by atoms with Crippen molar-refractivity contribution in [2.24, 2.45) is 5.41 Å². The molecule has 3 nitrogen and oxygen atoms in total. The maximum atomic E-state index is 12.8. The lowest BCUT2D eigenvalue weighted by molar-refractivity contribution is -0.154. The van der Waals surface area contributed by atoms with Gasteiger partial charge in [0.25, 0.3) is 0 Å². The van der Waals surface area contributed by atoms with E-state index in [1.807, 2.05) is 0 Å². The van der Waals surface area contributed by atoms with Crippen LogP contribution in [0, 0.1) is 11.2 Å². The predicted molar refractivity (Wildman–Crippen MR) is 60.2 cm³/mol. The van der Waals surface area contributed by atoms with Crippen LogP contribution >= 0.6 is 0 Å². The minimum atomic E-state index is -0.787. The van der Waals surface area contributed by atoms with Gasteiger partial charge in [-0.2, -0.15) is 0 Å². The maximum absolute atomic E-state index is 12.8. The topological polar surface area (TPSA) is 46.5 Å². The molecule has 92 valence electrons. The summed E-state index contributed by atoms with van der Waals surface area (Å²) in [4.78, 5) is 11.4. The molecule has 17 heavy (non-hydrogen) atoms. The van der Waals surface area contributed by atoms with Crippen LogP contribution < -0.4 is 0 Å². The standard InChI is InChI=1S/C13H15FO3/c14-11-3-1-10(2-4-11)9-13(12(15)16)5-7-17-8-6-13/h1-4H,5-9H2,(H,15,16). The number of hydrogen-bond acceptors (Lipinski definition) is 2. The summed E-state index contributed by atoms with van der Waals surface area (Å²) in [5, 5.41) is 9.38. The fourth-order valence-corrected chi connectivity index (χ4v) is 2.22. The van der Waals surface area contributed by atoms with Crippen molar-refractivity contribution in [3.8, 4) is 0 Å². The van der Waals surface area contributed by atoms with Crippen molar-refractivity contribution in [1.29, 1.82) is 0 Å². The first kappa shape index (κ1) is 12.0. The molecule has 1 heterocycles. The van der Waals surface area contributed by atoms with Gasteiger partial charge in [0.2, 0.25) is 0 Å². The summed E-state index contributed by atoms with van der Waals surface area (Å²) in [5.41, 5.74) is 0.103. The number of aliphatic carboxylic acids is 1. The number of benzene rings is 1. The van der Waals surface area contributed by atoms with Crippen molar-refractivity contribution >= 4 is 5.97 Å². The highest BCUT2D eigenvalue weighted by atomic mass is 19.1. The number of hydrogen-bond donors (Lipinski definition) is 1. The van der Waals surface area contributed by atoms with Crippen LogP contribution in [0.3, 0.4) is 0 Å². The molecule has 1 aromatic rings. The Bertz CT molecular complexity index is 394. The number of halogens is 1. The van der Waals surface area contributed by atoms with Crippen molar-refractivity contribution < 1.29 is 19.0 Å². The van der Waals surface area contributed by atoms with E-state index < -0.39 is 11.4 Å². The monoisotopic (exact) mass is 238 g/mol. The zero-order chi connectivity index (χ0) is 12.3. The summed E-state index contributed by atoms with van der Waals surface area (Å²) in [6.45, 7) is 0.959. The molecule has 1 N–H and O–H groups in total. The van der Waals surface area contributed by atoms with E-state index in [4.69, 9.17) is 4.74 Å². The fourth-order valence-electron chi connectivity index (χ4n) is 2.22. The van der Waals surface area contributed by atoms with Gasteiger partial charge in [0.15, 0.2) is 0 Å². The van der Waals surface area contributed by atoms with E-state index in [0.29, 0.717) is 32.5 Å². The molecular weight excluding hydrogens is 223 g/mol. The van der Waals surface area contributed by atoms with Crippen molar-refractivity contribution in [3.63, 3.8) is 0 Å². The number of carboxylic acids is 1. The van der Waals surface area contributed by atoms with E-state index >= 15 is 0 Å². The molecule has 1 aliphatic heterocycles. The summed E-state index contributed by atoms with van der Waals surface area (Å²) in [7, 11) is 0. The summed E-state index contributed by atoms with van der Waals surface area (Å²) in [6.07, 6.45) is 1.46. The molecule has 0 spiro atoms. The SMILES string of the molecule is O=C(O)C1(Cc2ccc(F)cc2)CCOCC1. The van der Waals surface area contributed by atoms with Crippen LogP contribution in [0.4, 0.5) is 4.39 Å². The Morgan fingerprint density at radius 3 is 2.41 bits per heavy atom. The molecule has 1 saturated heterocycles. The first-order valence-electron chi connectivity index (χ1n) is 5.68. The molecule has 2 rings (SSSR count). The number of rotatable bonds is 3. The molecule has 1 fully saturated rings. The molecular formula is C13H15FO3. The molecule has 0 bridgehead atoms. The molecule has 0 aromatic heterocycles. The van der Waals surface area contributed by atoms with Crippen LogP contribution in [0.25, 0.3) is 0 Å². The smallest absolute Gasteiger partial charge is 0.310 e. The molecule has 0 amide bonds. The Morgan fingerprint density at radius 2 is 1.88 bits per heavy atom. The minimum absolute atomic E-state index is 0.301. The highest BCUT2D eigenvalue weighted by molar-refractivity contribution is 5.75. The van der Waals surface area contributed by atoms with Crippen LogP contribution in [0.5, 0.6) is 0 Å². The third-order valence-electron chi connectivity index (χ3n) is 3.36. The van der Waals surface area contributed by atoms with Crippen LogP contribution in [0.2, 0.25) is 0 Å². The fraction of sp³-hybridized carbons (Fsp3) is 0.462. The average Bonchev–Trinajstić information content (AvgIpc) is 2.33. The second-order valence-electron chi connectivity index (χ2n) is 4.50. The van der Waals surface area contributed by atoms with Gasteiger partial charge < -0.3 is 9.84 Å². The van der Waals surface area contributed by atoms with Gasteiger partial charge in [0.05, 0.1) is 5.41 Å². The first-order valence-corrected chi connectivity index (χ1v) is 5.68. The largest absolute Gasteiger partial charge is 0.481 e. The average molecular weight is 238 g/mol. The Labute approximate surface area is 99.2 Å². The van der Waals surface area contributed by atoms with Gasteiger partial charge in [-0.15, -0.1) is 0 Å². The van der Waals surface area contributed by atoms with Gasteiger partial charge in [0.1, 0.15) is 5.82 Å². The Kier molecular flexibility index (Phi) is 3.43. The van der Waals surface area contributed by atoms with Gasteiger partial charge in [-0.25, -0.2) is 4.39 Å². The van der Waals surface area contributed by atoms with E-state index in [0.717, 1.165) is 5.56 Å². The van der Waals surface area contributed by atoms with Gasteiger partial charge in [-0.05, 0) is 37.0 Å². The summed E-state index contributed by atoms with van der Waals surface area (Å²) in [5.74, 6) is -1.09. The first-order chi connectivity index (χ1) is 8.12. The maximum Gasteiger partial charge on any atom is 0.310 e. The number of carboxylic acid groups (broad SMARTS) is 1. The lowest BCUT2D eigenvalue weighted by atomic mass is 9.75. The molecule has 0 aliphatic carbocycles. The molecule has 1 aliphatic rings. The number of carbonyl (C=O) groups is 1. The summed E-state index contributed by atoms with van der Waals surface area (Å²) < 4.78 is 18.0. The van der Waals surface area contributed by atoms with Crippen LogP contribution in [-0.4, -0.2) is 24.3 Å². The zero-order valence-electron chi connectivity index (χ0n) is 9.49. The van der Waals surface area contributed by atoms with Crippen molar-refractivity contribution in [2.45, 2.75) is 19.3 Å². The molecule has 1 aromatic carbocycles. The summed E-state index contributed by atoms with van der Waals surface area (Å²) in [6, 6.07) is 6.03. The lowest BCUT2D eigenvalue weighted by Gasteiger charge is -2.33. The second kappa shape index (κ2) is 4.84. The molecule has 0 unspecified atom stereocenters. The van der Waals surface area contributed by atoms with E-state index in [1.165, 1.54) is 12.1 Å². The van der Waals surface area contributed by atoms with Crippen LogP contribution in [-0.2, 0) is 16.0 Å². The van der Waals surface area contributed by atoms with Crippen molar-refractivity contribution in [1.82, 2.24) is 0 Å². The van der Waals surface area contributed by atoms with E-state index in [-0.39, 0.29) is 5.82 Å². The molecule has 0 radical (unpaired) electrons. The highest BCUT2D eigenvalue weighted by Gasteiger charge is 2.40. The third kappa shape index (κ3) is 2.64. The van der Waals surface area contributed by atoms with Crippen LogP contribution in [0.1, 0.15) is 18.4 Å². The Balaban J connectivity index is 2.17. The van der Waals surface area contributed by atoms with Gasteiger partial charge in [0, 0.05) is 13.2 Å². The quantitative estimate of drug-likeness (QED) is 0.878. The Hall–Kier alpha value is -1.42. The van der Waals surface area contributed by atoms with Crippen molar-refractivity contribution in [2.75, 3.05) is 13.2 Å². The van der Waals surface area contributed by atoms with Crippen molar-refractivity contribution in [3.05, 3.63) is 35.6 Å². The second-order valence-corrected chi connectivity index (χ2v) is 4.50. The number of ether oxygens (including phenoxy) is 1. The van der Waals surface area contributed by atoms with E-state index in [1.54, 1.807) is 12.1 Å². The van der Waals surface area contributed by atoms with Gasteiger partial charge in [-0.1, -0.05) is 12.1 Å². The van der Waals surface area contributed by atoms with E-state index in [2.05, 4.69) is 0 Å². The van der Waals surface area contributed by atoms with Gasteiger partial charge >= 0.3 is 5.97 Å². The minimum Gasteiger partial charge on any atom is -0.481 e. The lowest BCUT2D eigenvalue weighted by Crippen LogP contribution is -2.39. The zero-order valence-corrected chi connectivity index (χ0v) is 9.49. The summed E-state index contributed by atoms with van der Waals surface area (Å²) >= 11 is 0. The third-order valence-corrected chi connectivity index (χ3v) is 3.36. The van der Waals surface area contributed by atoms with E-state index in [9.17, 15) is 14.3 Å². The normalized spacial score (nSPS) is 18.9. The molecule has 0 saturated carbocycles. The molecule has 0 atom stereocenters. The van der Waals surface area contributed by atoms with Crippen LogP contribution in [0.15, 0.2) is 24.3 Å². The highest BCUT2D eigenvalue weighted by Crippen LogP contribution is 2.34.